The maximum Gasteiger partial charge on any atom is 0.0166 e. The summed E-state index contributed by atoms with van der Waals surface area (Å²) in [7, 11) is 2.26. The quantitative estimate of drug-likeness (QED) is 0.755. The molecule has 2 aliphatic rings. The van der Waals surface area contributed by atoms with E-state index in [0.717, 1.165) is 5.92 Å². The highest BCUT2D eigenvalue weighted by Gasteiger charge is 2.29. The number of nitrogens with zero attached hydrogens (tertiary/aromatic N) is 1. The average Bonchev–Trinajstić information content (AvgIpc) is 2.57. The predicted molar refractivity (Wildman–Crippen MR) is 64.8 cm³/mol. The summed E-state index contributed by atoms with van der Waals surface area (Å²) in [6.45, 7) is 2.50. The van der Waals surface area contributed by atoms with E-state index in [1.165, 1.54) is 64.5 Å². The normalized spacial score (nSPS) is 25.8. The summed E-state index contributed by atoms with van der Waals surface area (Å²) < 4.78 is 0. The molecule has 2 saturated carbocycles. The van der Waals surface area contributed by atoms with Crippen LogP contribution in [0, 0.1) is 5.92 Å². The lowest BCUT2D eigenvalue weighted by atomic mass is 9.85. The van der Waals surface area contributed by atoms with Crippen LogP contribution in [0.5, 0.6) is 0 Å². The van der Waals surface area contributed by atoms with Gasteiger partial charge in [-0.1, -0.05) is 19.3 Å². The van der Waals surface area contributed by atoms with Crippen LogP contribution in [-0.4, -0.2) is 30.6 Å². The van der Waals surface area contributed by atoms with E-state index in [9.17, 15) is 0 Å². The highest BCUT2D eigenvalue weighted by Crippen LogP contribution is 2.31. The molecule has 2 heteroatoms. The van der Waals surface area contributed by atoms with Crippen LogP contribution >= 0.6 is 0 Å². The number of nitrogens with two attached hydrogens (primary N) is 1. The maximum absolute atomic E-state index is 6.36. The molecule has 0 saturated heterocycles. The monoisotopic (exact) mass is 210 g/mol. The molecule has 0 bridgehead atoms. The highest BCUT2D eigenvalue weighted by molar-refractivity contribution is 4.89. The van der Waals surface area contributed by atoms with Gasteiger partial charge in [-0.3, -0.25) is 0 Å². The van der Waals surface area contributed by atoms with E-state index in [2.05, 4.69) is 11.9 Å². The van der Waals surface area contributed by atoms with Gasteiger partial charge in [-0.2, -0.15) is 0 Å². The summed E-state index contributed by atoms with van der Waals surface area (Å²) in [6.07, 6.45) is 10.8. The van der Waals surface area contributed by atoms with Gasteiger partial charge in [-0.25, -0.2) is 0 Å². The summed E-state index contributed by atoms with van der Waals surface area (Å²) in [6, 6.07) is 0. The smallest absolute Gasteiger partial charge is 0.0166 e. The van der Waals surface area contributed by atoms with Crippen molar-refractivity contribution in [2.45, 2.75) is 56.9 Å². The molecule has 2 fully saturated rings. The lowest BCUT2D eigenvalue weighted by Gasteiger charge is -2.32. The molecular formula is C13H26N2. The van der Waals surface area contributed by atoms with E-state index in [0.29, 0.717) is 0 Å². The molecule has 0 unspecified atom stereocenters. The molecular weight excluding hydrogens is 184 g/mol. The van der Waals surface area contributed by atoms with Crippen LogP contribution in [0.4, 0.5) is 0 Å². The molecule has 2 N–H and O–H groups in total. The zero-order chi connectivity index (χ0) is 10.7. The third kappa shape index (κ3) is 3.18. The number of hydrogen-bond donors (Lipinski definition) is 1. The SMILES string of the molecule is CN(CCC1(N)CCCC1)CC1CCC1. The van der Waals surface area contributed by atoms with Crippen molar-refractivity contribution in [1.82, 2.24) is 4.90 Å². The van der Waals surface area contributed by atoms with Gasteiger partial charge in [0.2, 0.25) is 0 Å². The van der Waals surface area contributed by atoms with Crippen molar-refractivity contribution in [2.75, 3.05) is 20.1 Å². The lowest BCUT2D eigenvalue weighted by molar-refractivity contribution is 0.191. The van der Waals surface area contributed by atoms with Gasteiger partial charge in [0.15, 0.2) is 0 Å². The molecule has 15 heavy (non-hydrogen) atoms. The Morgan fingerprint density at radius 3 is 2.40 bits per heavy atom. The fourth-order valence-corrected chi connectivity index (χ4v) is 2.95. The molecule has 88 valence electrons. The summed E-state index contributed by atoms with van der Waals surface area (Å²) in [4.78, 5) is 2.50. The summed E-state index contributed by atoms with van der Waals surface area (Å²) in [5, 5.41) is 0. The Kier molecular flexibility index (Phi) is 3.68. The Balaban J connectivity index is 1.63. The van der Waals surface area contributed by atoms with E-state index in [4.69, 9.17) is 5.73 Å². The standard InChI is InChI=1S/C13H26N2/c1-15(11-12-5-4-6-12)10-9-13(14)7-2-3-8-13/h12H,2-11,14H2,1H3. The van der Waals surface area contributed by atoms with E-state index in [1.807, 2.05) is 0 Å². The molecule has 0 aromatic rings. The van der Waals surface area contributed by atoms with Gasteiger partial charge in [0.1, 0.15) is 0 Å². The minimum Gasteiger partial charge on any atom is -0.325 e. The summed E-state index contributed by atoms with van der Waals surface area (Å²) >= 11 is 0. The Morgan fingerprint density at radius 1 is 1.20 bits per heavy atom. The summed E-state index contributed by atoms with van der Waals surface area (Å²) in [5.74, 6) is 0.993. The van der Waals surface area contributed by atoms with Crippen LogP contribution in [0.1, 0.15) is 51.4 Å². The first-order valence-corrected chi connectivity index (χ1v) is 6.65. The first kappa shape index (κ1) is 11.4. The molecule has 2 aliphatic carbocycles. The fraction of sp³-hybridized carbons (Fsp3) is 1.00. The van der Waals surface area contributed by atoms with Gasteiger partial charge in [0.25, 0.3) is 0 Å². The first-order chi connectivity index (χ1) is 7.18. The van der Waals surface area contributed by atoms with E-state index < -0.39 is 0 Å². The molecule has 0 aromatic heterocycles. The van der Waals surface area contributed by atoms with Crippen molar-refractivity contribution >= 4 is 0 Å². The molecule has 0 aromatic carbocycles. The molecule has 0 amide bonds. The summed E-state index contributed by atoms with van der Waals surface area (Å²) in [5.41, 5.74) is 6.55. The molecule has 2 nitrogen and oxygen atoms in total. The van der Waals surface area contributed by atoms with E-state index in [1.54, 1.807) is 0 Å². The second kappa shape index (κ2) is 4.84. The fourth-order valence-electron chi connectivity index (χ4n) is 2.95. The Morgan fingerprint density at radius 2 is 1.87 bits per heavy atom. The predicted octanol–water partition coefficient (Wildman–Crippen LogP) is 2.38. The largest absolute Gasteiger partial charge is 0.325 e. The van der Waals surface area contributed by atoms with Crippen molar-refractivity contribution < 1.29 is 0 Å². The zero-order valence-electron chi connectivity index (χ0n) is 10.2. The Hall–Kier alpha value is -0.0800. The second-order valence-electron chi connectivity index (χ2n) is 5.88. The van der Waals surface area contributed by atoms with Crippen LogP contribution in [0.2, 0.25) is 0 Å². The molecule has 0 aliphatic heterocycles. The van der Waals surface area contributed by atoms with Gasteiger partial charge in [0.05, 0.1) is 0 Å². The lowest BCUT2D eigenvalue weighted by Crippen LogP contribution is -2.41. The van der Waals surface area contributed by atoms with E-state index in [-0.39, 0.29) is 5.54 Å². The van der Waals surface area contributed by atoms with Crippen LogP contribution in [-0.2, 0) is 0 Å². The molecule has 0 spiro atoms. The van der Waals surface area contributed by atoms with Crippen molar-refractivity contribution in [2.24, 2.45) is 11.7 Å². The van der Waals surface area contributed by atoms with Crippen molar-refractivity contribution in [3.63, 3.8) is 0 Å². The van der Waals surface area contributed by atoms with Crippen LogP contribution in [0.3, 0.4) is 0 Å². The van der Waals surface area contributed by atoms with Gasteiger partial charge in [-0.05, 0) is 51.6 Å². The second-order valence-corrected chi connectivity index (χ2v) is 5.88. The van der Waals surface area contributed by atoms with Crippen molar-refractivity contribution in [3.8, 4) is 0 Å². The highest BCUT2D eigenvalue weighted by atomic mass is 15.1. The maximum atomic E-state index is 6.36. The van der Waals surface area contributed by atoms with Crippen LogP contribution in [0.15, 0.2) is 0 Å². The molecule has 0 atom stereocenters. The minimum absolute atomic E-state index is 0.188. The zero-order valence-corrected chi connectivity index (χ0v) is 10.2. The van der Waals surface area contributed by atoms with Crippen molar-refractivity contribution in [1.29, 1.82) is 0 Å². The number of hydrogen-bond acceptors (Lipinski definition) is 2. The third-order valence-electron chi connectivity index (χ3n) is 4.39. The van der Waals surface area contributed by atoms with E-state index >= 15 is 0 Å². The Bertz CT molecular complexity index is 193. The first-order valence-electron chi connectivity index (χ1n) is 6.65. The number of rotatable bonds is 5. The average molecular weight is 210 g/mol. The molecule has 0 radical (unpaired) electrons. The van der Waals surface area contributed by atoms with Crippen molar-refractivity contribution in [3.05, 3.63) is 0 Å². The van der Waals surface area contributed by atoms with Gasteiger partial charge in [-0.15, -0.1) is 0 Å². The van der Waals surface area contributed by atoms with Crippen LogP contribution < -0.4 is 5.73 Å². The topological polar surface area (TPSA) is 29.3 Å². The Labute approximate surface area is 94.2 Å². The van der Waals surface area contributed by atoms with Gasteiger partial charge >= 0.3 is 0 Å². The van der Waals surface area contributed by atoms with Gasteiger partial charge < -0.3 is 10.6 Å². The minimum atomic E-state index is 0.188. The van der Waals surface area contributed by atoms with Crippen LogP contribution in [0.25, 0.3) is 0 Å². The van der Waals surface area contributed by atoms with Gasteiger partial charge in [0, 0.05) is 12.1 Å². The molecule has 2 rings (SSSR count). The molecule has 0 heterocycles. The third-order valence-corrected chi connectivity index (χ3v) is 4.39.